The van der Waals surface area contributed by atoms with Gasteiger partial charge in [-0.25, -0.2) is 20.4 Å². The predicted octanol–water partition coefficient (Wildman–Crippen LogP) is 5.99. The van der Waals surface area contributed by atoms with Crippen LogP contribution in [0.15, 0.2) is 66.6 Å². The van der Waals surface area contributed by atoms with Crippen molar-refractivity contribution >= 4 is 18.0 Å². The topological polar surface area (TPSA) is 209 Å². The van der Waals surface area contributed by atoms with Gasteiger partial charge in [0.05, 0.1) is 55.6 Å². The van der Waals surface area contributed by atoms with Gasteiger partial charge in [-0.1, -0.05) is 24.3 Å². The number of carbonyl (C=O) groups excluding carboxylic acids is 3. The van der Waals surface area contributed by atoms with E-state index in [4.69, 9.17) is 39.4 Å². The quantitative estimate of drug-likeness (QED) is 0.0738. The molecular formula is C45H66N6O11. The lowest BCUT2D eigenvalue weighted by atomic mass is 9.78. The number of hydrogen-bond donors (Lipinski definition) is 4. The van der Waals surface area contributed by atoms with Gasteiger partial charge in [-0.2, -0.15) is 5.10 Å². The maximum atomic E-state index is 12.7. The van der Waals surface area contributed by atoms with Gasteiger partial charge in [0.15, 0.2) is 5.78 Å². The average molecular weight is 867 g/mol. The number of hydrazine groups is 1. The third kappa shape index (κ3) is 12.2. The van der Waals surface area contributed by atoms with E-state index in [-0.39, 0.29) is 23.1 Å². The molecule has 17 heteroatoms. The second kappa shape index (κ2) is 21.7. The number of benzene rings is 2. The number of nitrogens with two attached hydrogens (primary N) is 1. The summed E-state index contributed by atoms with van der Waals surface area (Å²) in [5.41, 5.74) is 2.04. The highest BCUT2D eigenvalue weighted by Gasteiger charge is 2.49. The Hall–Kier alpha value is -5.20. The van der Waals surface area contributed by atoms with Crippen molar-refractivity contribution in [3.8, 4) is 22.8 Å². The Morgan fingerprint density at radius 3 is 1.97 bits per heavy atom. The molecule has 5 heterocycles. The van der Waals surface area contributed by atoms with Crippen LogP contribution in [0, 0.1) is 0 Å². The lowest BCUT2D eigenvalue weighted by Crippen LogP contribution is -2.54. The van der Waals surface area contributed by atoms with Crippen LogP contribution in [0.3, 0.4) is 0 Å². The monoisotopic (exact) mass is 866 g/mol. The summed E-state index contributed by atoms with van der Waals surface area (Å²) in [6.07, 6.45) is 4.71. The standard InChI is InChI=1S/C19H23NO5.C17H21N3O2.C8H18N2O3.CH4O/c1-18(2,3)25-17(23)20-10-8-19(9-11-20)14(12-21)16(22)13-6-4-5-7-15(13)24-19;1-21-11-10-20-16-13-4-2-3-5-15(13)22-17(14(16)12-19-20)6-8-18-9-7-17;1-8(2,3)13-7(11)10(9)5-6-12-4;1-2/h4-7,12,21H,8-11H2,1-3H3;2-5,12,18H,6-11H2,1H3;5-6,9H2,1-4H3;2H,1H3/b14-12+;;;. The van der Waals surface area contributed by atoms with Crippen molar-refractivity contribution in [1.29, 1.82) is 0 Å². The van der Waals surface area contributed by atoms with Gasteiger partial charge in [-0.15, -0.1) is 0 Å². The lowest BCUT2D eigenvalue weighted by Gasteiger charge is -2.44. The van der Waals surface area contributed by atoms with E-state index >= 15 is 0 Å². The lowest BCUT2D eigenvalue weighted by molar-refractivity contribution is -0.00642. The number of amides is 2. The molecule has 7 rings (SSSR count). The van der Waals surface area contributed by atoms with Gasteiger partial charge in [0.1, 0.15) is 33.9 Å². The third-order valence-electron chi connectivity index (χ3n) is 10.4. The van der Waals surface area contributed by atoms with Crippen molar-refractivity contribution in [2.75, 3.05) is 67.3 Å². The first-order chi connectivity index (χ1) is 29.5. The van der Waals surface area contributed by atoms with Gasteiger partial charge < -0.3 is 48.9 Å². The van der Waals surface area contributed by atoms with E-state index in [0.717, 1.165) is 62.2 Å². The van der Waals surface area contributed by atoms with Crippen LogP contribution in [0.5, 0.6) is 11.5 Å². The first kappa shape index (κ1) is 49.5. The molecule has 4 aliphatic heterocycles. The van der Waals surface area contributed by atoms with Crippen LogP contribution in [0.2, 0.25) is 0 Å². The summed E-state index contributed by atoms with van der Waals surface area (Å²) < 4.78 is 35.1. The normalized spacial score (nSPS) is 17.5. The fraction of sp³-hybridized carbons (Fsp3) is 0.556. The Morgan fingerprint density at radius 2 is 1.40 bits per heavy atom. The van der Waals surface area contributed by atoms with Crippen LogP contribution in [-0.2, 0) is 31.1 Å². The number of fused-ring (bicyclic) bond motifs is 5. The van der Waals surface area contributed by atoms with Gasteiger partial charge >= 0.3 is 12.2 Å². The number of likely N-dealkylation sites (tertiary alicyclic amines) is 1. The molecule has 62 heavy (non-hydrogen) atoms. The molecule has 342 valence electrons. The molecule has 0 aliphatic carbocycles. The minimum absolute atomic E-state index is 0.227. The molecule has 17 nitrogen and oxygen atoms in total. The Labute approximate surface area is 365 Å². The van der Waals surface area contributed by atoms with Gasteiger partial charge in [-0.05, 0) is 78.9 Å². The zero-order chi connectivity index (χ0) is 45.7. The molecule has 5 N–H and O–H groups in total. The van der Waals surface area contributed by atoms with Crippen LogP contribution in [0.4, 0.5) is 9.59 Å². The molecule has 3 aromatic rings. The van der Waals surface area contributed by atoms with Crippen LogP contribution >= 0.6 is 0 Å². The number of rotatable bonds is 6. The maximum Gasteiger partial charge on any atom is 0.424 e. The summed E-state index contributed by atoms with van der Waals surface area (Å²) in [5, 5.41) is 25.7. The molecular weight excluding hydrogens is 801 g/mol. The molecule has 1 aromatic heterocycles. The fourth-order valence-corrected chi connectivity index (χ4v) is 7.46. The second-order valence-electron chi connectivity index (χ2n) is 17.1. The van der Waals surface area contributed by atoms with Crippen molar-refractivity contribution in [3.05, 3.63) is 77.7 Å². The number of ketones is 1. The number of para-hydroxylation sites is 2. The van der Waals surface area contributed by atoms with Gasteiger partial charge in [0.2, 0.25) is 0 Å². The van der Waals surface area contributed by atoms with Gasteiger partial charge in [0.25, 0.3) is 0 Å². The largest absolute Gasteiger partial charge is 0.515 e. The number of nitrogens with one attached hydrogen (secondary N) is 1. The molecule has 0 bridgehead atoms. The minimum Gasteiger partial charge on any atom is -0.515 e. The smallest absolute Gasteiger partial charge is 0.424 e. The van der Waals surface area contributed by atoms with Crippen LogP contribution < -0.4 is 20.6 Å². The van der Waals surface area contributed by atoms with Crippen molar-refractivity contribution in [2.45, 2.75) is 96.2 Å². The van der Waals surface area contributed by atoms with E-state index in [2.05, 4.69) is 33.3 Å². The van der Waals surface area contributed by atoms with Crippen LogP contribution in [0.25, 0.3) is 11.3 Å². The van der Waals surface area contributed by atoms with E-state index in [9.17, 15) is 19.5 Å². The van der Waals surface area contributed by atoms with E-state index in [0.29, 0.717) is 57.0 Å². The zero-order valence-electron chi connectivity index (χ0n) is 37.7. The highest BCUT2D eigenvalue weighted by molar-refractivity contribution is 6.12. The van der Waals surface area contributed by atoms with Crippen LogP contribution in [-0.4, -0.2) is 132 Å². The highest BCUT2D eigenvalue weighted by atomic mass is 16.6. The number of Topliss-reactive ketones (excluding diaryl/α,β-unsaturated/α-hetero) is 1. The Balaban J connectivity index is 0.000000210. The van der Waals surface area contributed by atoms with Gasteiger partial charge in [0, 0.05) is 71.2 Å². The number of carbonyl (C=O) groups is 3. The number of nitrogens with zero attached hydrogens (tertiary/aromatic N) is 4. The molecule has 2 aromatic carbocycles. The van der Waals surface area contributed by atoms with Crippen LogP contribution in [0.1, 0.15) is 83.1 Å². The van der Waals surface area contributed by atoms with E-state index in [1.165, 1.54) is 11.3 Å². The number of aliphatic hydroxyl groups is 2. The first-order valence-corrected chi connectivity index (χ1v) is 20.9. The SMILES string of the molecule is CC(C)(C)OC(=O)N1CCC2(CC1)Oc1ccccc1C(=O)/C2=C\O.CO.COCCN(N)C(=O)OC(C)(C)C.COCCn1ncc2c1-c1ccccc1OC21CCNCC1. The molecule has 0 saturated carbocycles. The maximum absolute atomic E-state index is 12.7. The Morgan fingerprint density at radius 1 is 0.855 bits per heavy atom. The number of piperidine rings is 2. The summed E-state index contributed by atoms with van der Waals surface area (Å²) in [7, 11) is 4.27. The Kier molecular flexibility index (Phi) is 17.3. The van der Waals surface area contributed by atoms with Crippen molar-refractivity contribution < 1.29 is 53.0 Å². The molecule has 4 aliphatic rings. The average Bonchev–Trinajstić information content (AvgIpc) is 3.68. The number of methoxy groups -OCH3 is 2. The fourth-order valence-electron chi connectivity index (χ4n) is 7.46. The zero-order valence-corrected chi connectivity index (χ0v) is 37.7. The molecule has 0 atom stereocenters. The molecule has 2 fully saturated rings. The Bertz CT molecular complexity index is 1970. The predicted molar refractivity (Wildman–Crippen MR) is 233 cm³/mol. The van der Waals surface area contributed by atoms with Gasteiger partial charge in [-0.3, -0.25) is 9.48 Å². The van der Waals surface area contributed by atoms with Crippen molar-refractivity contribution in [1.82, 2.24) is 25.0 Å². The number of aromatic nitrogens is 2. The second-order valence-corrected chi connectivity index (χ2v) is 17.1. The van der Waals surface area contributed by atoms with E-state index < -0.39 is 22.9 Å². The summed E-state index contributed by atoms with van der Waals surface area (Å²) in [6.45, 7) is 15.7. The number of ether oxygens (including phenoxy) is 6. The molecule has 0 radical (unpaired) electrons. The molecule has 0 unspecified atom stereocenters. The minimum atomic E-state index is -0.904. The number of aliphatic hydroxyl groups excluding tert-OH is 2. The summed E-state index contributed by atoms with van der Waals surface area (Å²) >= 11 is 0. The van der Waals surface area contributed by atoms with Crippen molar-refractivity contribution in [3.63, 3.8) is 0 Å². The molecule has 2 amide bonds. The third-order valence-corrected chi connectivity index (χ3v) is 10.4. The van der Waals surface area contributed by atoms with Crippen molar-refractivity contribution in [2.24, 2.45) is 5.84 Å². The first-order valence-electron chi connectivity index (χ1n) is 20.9. The summed E-state index contributed by atoms with van der Waals surface area (Å²) in [4.78, 5) is 37.7. The highest BCUT2D eigenvalue weighted by Crippen LogP contribution is 2.49. The summed E-state index contributed by atoms with van der Waals surface area (Å²) in [5.74, 6) is 6.65. The number of hydrogen-bond acceptors (Lipinski definition) is 14. The molecule has 2 spiro atoms. The van der Waals surface area contributed by atoms with E-state index in [1.807, 2.05) is 39.1 Å². The molecule has 2 saturated heterocycles. The van der Waals surface area contributed by atoms with E-state index in [1.54, 1.807) is 58.1 Å². The summed E-state index contributed by atoms with van der Waals surface area (Å²) in [6, 6.07) is 15.3.